The molecule has 0 unspecified atom stereocenters. The fourth-order valence-corrected chi connectivity index (χ4v) is 4.21. The first-order valence-electron chi connectivity index (χ1n) is 9.62. The van der Waals surface area contributed by atoms with Crippen LogP contribution >= 0.6 is 27.3 Å². The largest absolute Gasteiger partial charge is 0.383 e. The van der Waals surface area contributed by atoms with Crippen molar-refractivity contribution in [2.75, 3.05) is 13.1 Å². The van der Waals surface area contributed by atoms with Crippen molar-refractivity contribution in [1.29, 1.82) is 0 Å². The highest BCUT2D eigenvalue weighted by Crippen LogP contribution is 2.29. The number of aromatic nitrogens is 1. The molecule has 4 aromatic rings. The van der Waals surface area contributed by atoms with Gasteiger partial charge in [-0.05, 0) is 48.2 Å². The Morgan fingerprint density at radius 3 is 2.66 bits per heavy atom. The van der Waals surface area contributed by atoms with E-state index >= 15 is 0 Å². The van der Waals surface area contributed by atoms with Crippen molar-refractivity contribution in [2.45, 2.75) is 13.0 Å². The van der Waals surface area contributed by atoms with Gasteiger partial charge in [0, 0.05) is 29.1 Å². The summed E-state index contributed by atoms with van der Waals surface area (Å²) in [6.07, 6.45) is 3.12. The van der Waals surface area contributed by atoms with Crippen molar-refractivity contribution in [1.82, 2.24) is 9.88 Å². The van der Waals surface area contributed by atoms with Crippen LogP contribution in [0.15, 0.2) is 81.7 Å². The van der Waals surface area contributed by atoms with Gasteiger partial charge in [0.15, 0.2) is 0 Å². The first kappa shape index (κ1) is 19.9. The van der Waals surface area contributed by atoms with E-state index in [2.05, 4.69) is 74.5 Å². The van der Waals surface area contributed by atoms with Crippen LogP contribution in [-0.2, 0) is 13.0 Å². The maximum atomic E-state index is 6.21. The molecule has 4 nitrogen and oxygen atoms in total. The molecule has 3 N–H and O–H groups in total. The van der Waals surface area contributed by atoms with Gasteiger partial charge in [0.2, 0.25) is 0 Å². The summed E-state index contributed by atoms with van der Waals surface area (Å²) in [5, 5.41) is 6.68. The number of nitrogens with zero attached hydrogens (tertiary/aromatic N) is 2. The van der Waals surface area contributed by atoms with Crippen LogP contribution in [0.1, 0.15) is 10.4 Å². The van der Waals surface area contributed by atoms with E-state index in [9.17, 15) is 0 Å². The minimum atomic E-state index is 0.565. The molecule has 0 atom stereocenters. The number of nitrogens with two attached hydrogens (primary N) is 1. The zero-order chi connectivity index (χ0) is 20.1. The lowest BCUT2D eigenvalue weighted by molar-refractivity contribution is 0.610. The number of halogens is 1. The maximum absolute atomic E-state index is 6.21. The Labute approximate surface area is 183 Å². The monoisotopic (exact) mass is 466 g/mol. The van der Waals surface area contributed by atoms with Crippen LogP contribution < -0.4 is 11.1 Å². The normalized spacial score (nSPS) is 12.0. The predicted octanol–water partition coefficient (Wildman–Crippen LogP) is 5.33. The lowest BCUT2D eigenvalue weighted by Crippen LogP contribution is -2.22. The average molecular weight is 467 g/mol. The number of benzene rings is 2. The molecule has 4 rings (SSSR count). The van der Waals surface area contributed by atoms with Crippen molar-refractivity contribution in [3.8, 4) is 0 Å². The molecule has 0 bridgehead atoms. The number of amidine groups is 1. The first-order valence-corrected chi connectivity index (χ1v) is 11.3. The maximum Gasteiger partial charge on any atom is 0.141 e. The van der Waals surface area contributed by atoms with Crippen LogP contribution in [0, 0.1) is 0 Å². The SMILES string of the molecule is NC(=Nc1cn(CCNCCc2ccc(Br)cc2)c2ccccc12)c1cccs1. The van der Waals surface area contributed by atoms with Crippen molar-refractivity contribution in [2.24, 2.45) is 10.7 Å². The number of hydrogen-bond acceptors (Lipinski definition) is 3. The number of hydrogen-bond donors (Lipinski definition) is 2. The summed E-state index contributed by atoms with van der Waals surface area (Å²) in [5.74, 6) is 0.565. The number of fused-ring (bicyclic) bond motifs is 1. The molecule has 6 heteroatoms. The Morgan fingerprint density at radius 1 is 1.03 bits per heavy atom. The Balaban J connectivity index is 1.41. The third-order valence-electron chi connectivity index (χ3n) is 4.82. The van der Waals surface area contributed by atoms with Crippen LogP contribution in [0.25, 0.3) is 10.9 Å². The fourth-order valence-electron chi connectivity index (χ4n) is 3.32. The predicted molar refractivity (Wildman–Crippen MR) is 127 cm³/mol. The summed E-state index contributed by atoms with van der Waals surface area (Å²) < 4.78 is 3.37. The zero-order valence-electron chi connectivity index (χ0n) is 16.0. The standard InChI is InChI=1S/C23H23BrN4S/c24-18-9-7-17(8-10-18)11-12-26-13-14-28-16-20(19-4-1-2-5-21(19)28)27-23(25)22-6-3-15-29-22/h1-10,15-16,26H,11-14H2,(H2,25,27). The molecule has 29 heavy (non-hydrogen) atoms. The highest BCUT2D eigenvalue weighted by molar-refractivity contribution is 9.10. The van der Waals surface area contributed by atoms with Gasteiger partial charge in [-0.2, -0.15) is 0 Å². The number of nitrogens with one attached hydrogen (secondary N) is 1. The molecule has 2 aromatic heterocycles. The highest BCUT2D eigenvalue weighted by atomic mass is 79.9. The Bertz CT molecular complexity index is 1100. The molecule has 0 fully saturated rings. The molecule has 2 aromatic carbocycles. The smallest absolute Gasteiger partial charge is 0.141 e. The first-order chi connectivity index (χ1) is 14.2. The molecule has 0 radical (unpaired) electrons. The molecule has 0 aliphatic carbocycles. The number of aliphatic imine (C=N–C) groups is 1. The van der Waals surface area contributed by atoms with E-state index in [0.717, 1.165) is 46.5 Å². The Morgan fingerprint density at radius 2 is 1.86 bits per heavy atom. The lowest BCUT2D eigenvalue weighted by Gasteiger charge is -2.07. The van der Waals surface area contributed by atoms with E-state index in [-0.39, 0.29) is 0 Å². The highest BCUT2D eigenvalue weighted by Gasteiger charge is 2.09. The van der Waals surface area contributed by atoms with Gasteiger partial charge in [0.1, 0.15) is 5.84 Å². The zero-order valence-corrected chi connectivity index (χ0v) is 18.4. The van der Waals surface area contributed by atoms with Crippen LogP contribution in [0.2, 0.25) is 0 Å². The molecule has 0 aliphatic heterocycles. The molecule has 2 heterocycles. The Kier molecular flexibility index (Phi) is 6.44. The van der Waals surface area contributed by atoms with Crippen LogP contribution in [0.5, 0.6) is 0 Å². The van der Waals surface area contributed by atoms with Crippen molar-refractivity contribution >= 4 is 49.7 Å². The summed E-state index contributed by atoms with van der Waals surface area (Å²) >= 11 is 5.08. The summed E-state index contributed by atoms with van der Waals surface area (Å²) in [7, 11) is 0. The average Bonchev–Trinajstić information content (AvgIpc) is 3.39. The van der Waals surface area contributed by atoms with E-state index in [1.807, 2.05) is 23.6 Å². The second kappa shape index (κ2) is 9.39. The molecule has 0 amide bonds. The van der Waals surface area contributed by atoms with Gasteiger partial charge in [-0.1, -0.05) is 52.3 Å². The van der Waals surface area contributed by atoms with Crippen LogP contribution in [0.3, 0.4) is 0 Å². The van der Waals surface area contributed by atoms with Crippen LogP contribution in [0.4, 0.5) is 5.69 Å². The number of thiophene rings is 1. The molecular weight excluding hydrogens is 444 g/mol. The molecule has 0 saturated heterocycles. The molecule has 148 valence electrons. The van der Waals surface area contributed by atoms with E-state index in [4.69, 9.17) is 10.7 Å². The Hall–Kier alpha value is -2.41. The van der Waals surface area contributed by atoms with Gasteiger partial charge in [-0.25, -0.2) is 4.99 Å². The molecule has 0 spiro atoms. The second-order valence-electron chi connectivity index (χ2n) is 6.83. The lowest BCUT2D eigenvalue weighted by atomic mass is 10.1. The quantitative estimate of drug-likeness (QED) is 0.209. The fraction of sp³-hybridized carbons (Fsp3) is 0.174. The molecular formula is C23H23BrN4S. The van der Waals surface area contributed by atoms with Crippen molar-refractivity contribution in [3.05, 3.63) is 87.2 Å². The minimum absolute atomic E-state index is 0.565. The molecule has 0 saturated carbocycles. The van der Waals surface area contributed by atoms with Gasteiger partial charge in [-0.15, -0.1) is 11.3 Å². The van der Waals surface area contributed by atoms with Gasteiger partial charge in [0.25, 0.3) is 0 Å². The van der Waals surface area contributed by atoms with E-state index in [1.165, 1.54) is 11.1 Å². The topological polar surface area (TPSA) is 55.3 Å². The van der Waals surface area contributed by atoms with Gasteiger partial charge >= 0.3 is 0 Å². The van der Waals surface area contributed by atoms with Crippen LogP contribution in [-0.4, -0.2) is 23.5 Å². The third-order valence-corrected chi connectivity index (χ3v) is 6.24. The van der Waals surface area contributed by atoms with Gasteiger partial charge < -0.3 is 15.6 Å². The van der Waals surface area contributed by atoms with Crippen molar-refractivity contribution in [3.63, 3.8) is 0 Å². The van der Waals surface area contributed by atoms with Gasteiger partial charge in [-0.3, -0.25) is 0 Å². The number of para-hydroxylation sites is 1. The summed E-state index contributed by atoms with van der Waals surface area (Å²) in [6.45, 7) is 2.74. The molecule has 0 aliphatic rings. The summed E-state index contributed by atoms with van der Waals surface area (Å²) in [5.41, 5.74) is 9.65. The third kappa shape index (κ3) is 4.96. The van der Waals surface area contributed by atoms with E-state index in [0.29, 0.717) is 5.84 Å². The van der Waals surface area contributed by atoms with E-state index in [1.54, 1.807) is 11.3 Å². The van der Waals surface area contributed by atoms with Crippen molar-refractivity contribution < 1.29 is 0 Å². The number of rotatable bonds is 8. The second-order valence-corrected chi connectivity index (χ2v) is 8.69. The summed E-state index contributed by atoms with van der Waals surface area (Å²) in [6, 6.07) is 20.8. The minimum Gasteiger partial charge on any atom is -0.383 e. The van der Waals surface area contributed by atoms with E-state index < -0.39 is 0 Å². The summed E-state index contributed by atoms with van der Waals surface area (Å²) in [4.78, 5) is 5.70. The van der Waals surface area contributed by atoms with Gasteiger partial charge in [0.05, 0.1) is 16.1 Å².